The lowest BCUT2D eigenvalue weighted by molar-refractivity contribution is -0.187. The van der Waals surface area contributed by atoms with Crippen LogP contribution in [0, 0.1) is 11.8 Å². The first kappa shape index (κ1) is 17.6. The third-order valence-electron chi connectivity index (χ3n) is 4.27. The molecule has 0 bridgehead atoms. The molecule has 1 heterocycles. The number of carbonyl (C=O) groups excluding carboxylic acids is 1. The van der Waals surface area contributed by atoms with E-state index in [0.717, 1.165) is 13.1 Å². The van der Waals surface area contributed by atoms with Gasteiger partial charge in [-0.2, -0.15) is 13.2 Å². The topological polar surface area (TPSA) is 32.3 Å². The second-order valence-corrected chi connectivity index (χ2v) is 5.69. The SMILES string of the molecule is C[C@@H]1CNCCN1C(=O)C1CCCC(C(F)(F)F)C1.Cl. The van der Waals surface area contributed by atoms with Crippen molar-refractivity contribution in [3.05, 3.63) is 0 Å². The zero-order valence-electron chi connectivity index (χ0n) is 11.6. The van der Waals surface area contributed by atoms with Gasteiger partial charge in [0, 0.05) is 31.6 Å². The van der Waals surface area contributed by atoms with Gasteiger partial charge in [0.2, 0.25) is 5.91 Å². The molecule has 2 fully saturated rings. The molecule has 0 aromatic rings. The van der Waals surface area contributed by atoms with E-state index in [4.69, 9.17) is 0 Å². The van der Waals surface area contributed by atoms with Crippen molar-refractivity contribution in [1.29, 1.82) is 0 Å². The molecular weight excluding hydrogens is 293 g/mol. The fourth-order valence-electron chi connectivity index (χ4n) is 3.11. The highest BCUT2D eigenvalue weighted by molar-refractivity contribution is 5.85. The fraction of sp³-hybridized carbons (Fsp3) is 0.923. The van der Waals surface area contributed by atoms with Crippen LogP contribution >= 0.6 is 12.4 Å². The summed E-state index contributed by atoms with van der Waals surface area (Å²) in [6.45, 7) is 3.99. The average molecular weight is 315 g/mol. The van der Waals surface area contributed by atoms with Crippen molar-refractivity contribution in [3.8, 4) is 0 Å². The Bertz CT molecular complexity index is 338. The van der Waals surface area contributed by atoms with Crippen molar-refractivity contribution in [1.82, 2.24) is 10.2 Å². The van der Waals surface area contributed by atoms with Gasteiger partial charge >= 0.3 is 6.18 Å². The number of halogens is 4. The van der Waals surface area contributed by atoms with Crippen molar-refractivity contribution >= 4 is 18.3 Å². The summed E-state index contributed by atoms with van der Waals surface area (Å²) in [6.07, 6.45) is -2.92. The van der Waals surface area contributed by atoms with Crippen LogP contribution in [-0.2, 0) is 4.79 Å². The first-order chi connectivity index (χ1) is 8.89. The number of rotatable bonds is 1. The molecule has 1 aliphatic carbocycles. The number of amides is 1. The first-order valence-electron chi connectivity index (χ1n) is 6.97. The number of nitrogens with zero attached hydrogens (tertiary/aromatic N) is 1. The maximum absolute atomic E-state index is 12.8. The number of piperazine rings is 1. The summed E-state index contributed by atoms with van der Waals surface area (Å²) in [6, 6.07) is 0.0764. The Hall–Kier alpha value is -0.490. The van der Waals surface area contributed by atoms with Gasteiger partial charge in [-0.1, -0.05) is 6.42 Å². The molecule has 1 saturated heterocycles. The third-order valence-corrected chi connectivity index (χ3v) is 4.27. The maximum Gasteiger partial charge on any atom is 0.391 e. The van der Waals surface area contributed by atoms with E-state index < -0.39 is 18.0 Å². The summed E-state index contributed by atoms with van der Waals surface area (Å²) >= 11 is 0. The van der Waals surface area contributed by atoms with Gasteiger partial charge in [-0.05, 0) is 26.2 Å². The molecule has 1 N–H and O–H groups in total. The fourth-order valence-corrected chi connectivity index (χ4v) is 3.11. The van der Waals surface area contributed by atoms with Crippen molar-refractivity contribution in [2.24, 2.45) is 11.8 Å². The quantitative estimate of drug-likeness (QED) is 0.807. The molecule has 1 aliphatic heterocycles. The van der Waals surface area contributed by atoms with Gasteiger partial charge in [-0.25, -0.2) is 0 Å². The Balaban J connectivity index is 0.00000200. The van der Waals surface area contributed by atoms with Gasteiger partial charge in [0.05, 0.1) is 5.92 Å². The van der Waals surface area contributed by atoms with E-state index in [-0.39, 0.29) is 37.2 Å². The highest BCUT2D eigenvalue weighted by atomic mass is 35.5. The molecule has 0 aromatic carbocycles. The molecule has 2 unspecified atom stereocenters. The molecule has 0 spiro atoms. The van der Waals surface area contributed by atoms with Gasteiger partial charge in [-0.15, -0.1) is 12.4 Å². The Labute approximate surface area is 123 Å². The number of alkyl halides is 3. The summed E-state index contributed by atoms with van der Waals surface area (Å²) in [5.74, 6) is -1.82. The van der Waals surface area contributed by atoms with Crippen molar-refractivity contribution in [2.45, 2.75) is 44.8 Å². The van der Waals surface area contributed by atoms with Gasteiger partial charge in [-0.3, -0.25) is 4.79 Å². The van der Waals surface area contributed by atoms with Crippen LogP contribution in [0.1, 0.15) is 32.6 Å². The van der Waals surface area contributed by atoms with Crippen LogP contribution in [0.5, 0.6) is 0 Å². The lowest BCUT2D eigenvalue weighted by atomic mass is 9.80. The minimum absolute atomic E-state index is 0. The molecule has 118 valence electrons. The lowest BCUT2D eigenvalue weighted by Gasteiger charge is -2.38. The van der Waals surface area contributed by atoms with E-state index in [2.05, 4.69) is 5.32 Å². The van der Waals surface area contributed by atoms with Gasteiger partial charge in [0.15, 0.2) is 0 Å². The predicted octanol–water partition coefficient (Wildman–Crippen LogP) is 2.60. The number of hydrogen-bond donors (Lipinski definition) is 1. The lowest BCUT2D eigenvalue weighted by Crippen LogP contribution is -2.54. The summed E-state index contributed by atoms with van der Waals surface area (Å²) in [7, 11) is 0. The van der Waals surface area contributed by atoms with E-state index in [1.165, 1.54) is 0 Å². The van der Waals surface area contributed by atoms with Gasteiger partial charge in [0.1, 0.15) is 0 Å². The van der Waals surface area contributed by atoms with E-state index in [1.54, 1.807) is 4.90 Å². The average Bonchev–Trinajstić information content (AvgIpc) is 2.38. The molecule has 0 aromatic heterocycles. The van der Waals surface area contributed by atoms with Crippen molar-refractivity contribution in [3.63, 3.8) is 0 Å². The number of carbonyl (C=O) groups is 1. The van der Waals surface area contributed by atoms with E-state index in [1.807, 2.05) is 6.92 Å². The second-order valence-electron chi connectivity index (χ2n) is 5.69. The smallest absolute Gasteiger partial charge is 0.337 e. The summed E-state index contributed by atoms with van der Waals surface area (Å²) in [4.78, 5) is 14.1. The van der Waals surface area contributed by atoms with Crippen LogP contribution in [0.4, 0.5) is 13.2 Å². The van der Waals surface area contributed by atoms with Crippen LogP contribution in [0.25, 0.3) is 0 Å². The maximum atomic E-state index is 12.8. The van der Waals surface area contributed by atoms with Crippen LogP contribution < -0.4 is 5.32 Å². The van der Waals surface area contributed by atoms with Crippen molar-refractivity contribution < 1.29 is 18.0 Å². The molecule has 0 radical (unpaired) electrons. The zero-order chi connectivity index (χ0) is 14.0. The van der Waals surface area contributed by atoms with Gasteiger partial charge in [0.25, 0.3) is 0 Å². The molecule has 3 nitrogen and oxygen atoms in total. The highest BCUT2D eigenvalue weighted by Crippen LogP contribution is 2.40. The summed E-state index contributed by atoms with van der Waals surface area (Å²) in [5.41, 5.74) is 0. The molecule has 2 aliphatic rings. The Morgan fingerprint density at radius 1 is 1.30 bits per heavy atom. The van der Waals surface area contributed by atoms with E-state index in [0.29, 0.717) is 19.4 Å². The molecule has 2 rings (SSSR count). The standard InChI is InChI=1S/C13H21F3N2O.ClH/c1-9-8-17-5-6-18(9)12(19)10-3-2-4-11(7-10)13(14,15)16;/h9-11,17H,2-8H2,1H3;1H/t9-,10?,11?;/m1./s1. The molecule has 1 saturated carbocycles. The van der Waals surface area contributed by atoms with Crippen LogP contribution in [0.3, 0.4) is 0 Å². The normalized spacial score (nSPS) is 31.6. The van der Waals surface area contributed by atoms with Crippen LogP contribution in [0.2, 0.25) is 0 Å². The first-order valence-corrected chi connectivity index (χ1v) is 6.97. The summed E-state index contributed by atoms with van der Waals surface area (Å²) in [5, 5.41) is 3.18. The van der Waals surface area contributed by atoms with E-state index in [9.17, 15) is 18.0 Å². The van der Waals surface area contributed by atoms with Crippen LogP contribution in [-0.4, -0.2) is 42.7 Å². The predicted molar refractivity (Wildman–Crippen MR) is 72.8 cm³/mol. The molecule has 3 atom stereocenters. The molecular formula is C13H22ClF3N2O. The van der Waals surface area contributed by atoms with E-state index >= 15 is 0 Å². The summed E-state index contributed by atoms with van der Waals surface area (Å²) < 4.78 is 38.3. The van der Waals surface area contributed by atoms with Crippen LogP contribution in [0.15, 0.2) is 0 Å². The number of nitrogens with one attached hydrogen (secondary N) is 1. The molecule has 20 heavy (non-hydrogen) atoms. The van der Waals surface area contributed by atoms with Gasteiger partial charge < -0.3 is 10.2 Å². The van der Waals surface area contributed by atoms with Crippen molar-refractivity contribution in [2.75, 3.05) is 19.6 Å². The Morgan fingerprint density at radius 2 is 2.00 bits per heavy atom. The third kappa shape index (κ3) is 4.01. The Morgan fingerprint density at radius 3 is 2.60 bits per heavy atom. The Kier molecular flexibility index (Phi) is 6.13. The minimum atomic E-state index is -4.16. The number of hydrogen-bond acceptors (Lipinski definition) is 2. The monoisotopic (exact) mass is 314 g/mol. The zero-order valence-corrected chi connectivity index (χ0v) is 12.4. The highest BCUT2D eigenvalue weighted by Gasteiger charge is 2.44. The molecule has 1 amide bonds. The largest absolute Gasteiger partial charge is 0.391 e. The molecule has 7 heteroatoms. The second kappa shape index (κ2) is 6.98. The minimum Gasteiger partial charge on any atom is -0.337 e.